The van der Waals surface area contributed by atoms with Gasteiger partial charge in [-0.2, -0.15) is 0 Å². The summed E-state index contributed by atoms with van der Waals surface area (Å²) in [5.41, 5.74) is 1.10. The first-order valence-electron chi connectivity index (χ1n) is 6.62. The summed E-state index contributed by atoms with van der Waals surface area (Å²) in [6, 6.07) is 2.34. The minimum Gasteiger partial charge on any atom is -0.314 e. The molecule has 1 aliphatic rings. The Kier molecular flexibility index (Phi) is 4.18. The summed E-state index contributed by atoms with van der Waals surface area (Å²) in [5.74, 6) is -0.791. The highest BCUT2D eigenvalue weighted by Crippen LogP contribution is 2.21. The third-order valence-electron chi connectivity index (χ3n) is 3.40. The Bertz CT molecular complexity index is 595. The van der Waals surface area contributed by atoms with Crippen LogP contribution in [0.15, 0.2) is 18.5 Å². The monoisotopic (exact) mass is 298 g/mol. The molecule has 0 atom stereocenters. The molecule has 0 aliphatic carbocycles. The van der Waals surface area contributed by atoms with Crippen LogP contribution < -0.4 is 5.32 Å². The van der Waals surface area contributed by atoms with Crippen LogP contribution in [0, 0.1) is 11.6 Å². The SMILES string of the molecule is Fc1cc2ncn(SCCN3CCNCC3)c2cc1F. The third kappa shape index (κ3) is 2.94. The van der Waals surface area contributed by atoms with Gasteiger partial charge >= 0.3 is 0 Å². The Morgan fingerprint density at radius 3 is 2.75 bits per heavy atom. The molecule has 1 aromatic heterocycles. The zero-order valence-electron chi connectivity index (χ0n) is 11.0. The number of imidazole rings is 1. The van der Waals surface area contributed by atoms with E-state index in [0.29, 0.717) is 11.0 Å². The molecule has 0 spiro atoms. The van der Waals surface area contributed by atoms with E-state index in [4.69, 9.17) is 0 Å². The van der Waals surface area contributed by atoms with E-state index in [1.807, 2.05) is 0 Å². The molecule has 0 unspecified atom stereocenters. The highest BCUT2D eigenvalue weighted by Gasteiger charge is 2.11. The molecule has 0 radical (unpaired) electrons. The summed E-state index contributed by atoms with van der Waals surface area (Å²) in [5, 5.41) is 3.31. The highest BCUT2D eigenvalue weighted by molar-refractivity contribution is 7.98. The van der Waals surface area contributed by atoms with Crippen molar-refractivity contribution in [3.63, 3.8) is 0 Å². The maximum Gasteiger partial charge on any atom is 0.161 e. The fourth-order valence-corrected chi connectivity index (χ4v) is 3.22. The molecule has 108 valence electrons. The van der Waals surface area contributed by atoms with Crippen LogP contribution in [-0.4, -0.2) is 52.3 Å². The maximum absolute atomic E-state index is 13.3. The largest absolute Gasteiger partial charge is 0.314 e. The summed E-state index contributed by atoms with van der Waals surface area (Å²) in [7, 11) is 0. The number of hydrogen-bond donors (Lipinski definition) is 1. The van der Waals surface area contributed by atoms with Gasteiger partial charge in [0, 0.05) is 50.6 Å². The van der Waals surface area contributed by atoms with E-state index in [-0.39, 0.29) is 0 Å². The molecular weight excluding hydrogens is 282 g/mol. The van der Waals surface area contributed by atoms with E-state index in [2.05, 4.69) is 15.2 Å². The number of nitrogens with one attached hydrogen (secondary N) is 1. The average molecular weight is 298 g/mol. The summed E-state index contributed by atoms with van der Waals surface area (Å²) >= 11 is 1.57. The van der Waals surface area contributed by atoms with Gasteiger partial charge in [0.2, 0.25) is 0 Å². The lowest BCUT2D eigenvalue weighted by Crippen LogP contribution is -2.44. The molecule has 1 aromatic carbocycles. The number of hydrogen-bond acceptors (Lipinski definition) is 4. The molecule has 0 amide bonds. The van der Waals surface area contributed by atoms with Gasteiger partial charge in [0.1, 0.15) is 6.33 Å². The molecule has 0 saturated carbocycles. The molecular formula is C13H16F2N4S. The van der Waals surface area contributed by atoms with Crippen LogP contribution in [-0.2, 0) is 0 Å². The standard InChI is InChI=1S/C13H16F2N4S/c14-10-7-12-13(8-11(10)15)19(9-17-12)20-6-5-18-3-1-16-2-4-18/h7-9,16H,1-6H2. The summed E-state index contributed by atoms with van der Waals surface area (Å²) in [6.07, 6.45) is 1.62. The van der Waals surface area contributed by atoms with Gasteiger partial charge in [0.15, 0.2) is 11.6 Å². The molecule has 20 heavy (non-hydrogen) atoms. The summed E-state index contributed by atoms with van der Waals surface area (Å²) in [6.45, 7) is 5.16. The Morgan fingerprint density at radius 1 is 1.20 bits per heavy atom. The number of rotatable bonds is 4. The number of halogens is 2. The topological polar surface area (TPSA) is 33.1 Å². The minimum absolute atomic E-state index is 0.485. The van der Waals surface area contributed by atoms with Gasteiger partial charge in [-0.3, -0.25) is 8.87 Å². The Balaban J connectivity index is 1.64. The van der Waals surface area contributed by atoms with Crippen molar-refractivity contribution >= 4 is 23.0 Å². The molecule has 1 saturated heterocycles. The Labute approximate surface area is 120 Å². The number of nitrogens with zero attached hydrogens (tertiary/aromatic N) is 3. The van der Waals surface area contributed by atoms with Gasteiger partial charge in [0.05, 0.1) is 11.0 Å². The molecule has 1 fully saturated rings. The van der Waals surface area contributed by atoms with Gasteiger partial charge in [-0.15, -0.1) is 0 Å². The predicted octanol–water partition coefficient (Wildman–Crippen LogP) is 1.72. The molecule has 2 aromatic rings. The fraction of sp³-hybridized carbons (Fsp3) is 0.462. The Hall–Kier alpha value is -1.18. The Morgan fingerprint density at radius 2 is 1.95 bits per heavy atom. The molecule has 7 heteroatoms. The van der Waals surface area contributed by atoms with Crippen LogP contribution >= 0.6 is 11.9 Å². The van der Waals surface area contributed by atoms with Gasteiger partial charge < -0.3 is 5.32 Å². The second kappa shape index (κ2) is 6.07. The fourth-order valence-electron chi connectivity index (χ4n) is 2.29. The van der Waals surface area contributed by atoms with E-state index in [1.54, 1.807) is 22.2 Å². The van der Waals surface area contributed by atoms with Gasteiger partial charge in [0.25, 0.3) is 0 Å². The summed E-state index contributed by atoms with van der Waals surface area (Å²) < 4.78 is 28.2. The zero-order chi connectivity index (χ0) is 13.9. The minimum atomic E-state index is -0.853. The highest BCUT2D eigenvalue weighted by atomic mass is 32.2. The van der Waals surface area contributed by atoms with Crippen molar-refractivity contribution in [3.8, 4) is 0 Å². The zero-order valence-corrected chi connectivity index (χ0v) is 11.8. The second-order valence-electron chi connectivity index (χ2n) is 4.75. The van der Waals surface area contributed by atoms with Gasteiger partial charge in [-0.1, -0.05) is 0 Å². The predicted molar refractivity (Wildman–Crippen MR) is 76.8 cm³/mol. The summed E-state index contributed by atoms with van der Waals surface area (Å²) in [4.78, 5) is 6.49. The lowest BCUT2D eigenvalue weighted by molar-refractivity contribution is 0.255. The second-order valence-corrected chi connectivity index (χ2v) is 5.81. The van der Waals surface area contributed by atoms with Crippen LogP contribution in [0.3, 0.4) is 0 Å². The number of aromatic nitrogens is 2. The smallest absolute Gasteiger partial charge is 0.161 e. The van der Waals surface area contributed by atoms with Gasteiger partial charge in [-0.25, -0.2) is 13.8 Å². The van der Waals surface area contributed by atoms with Crippen LogP contribution in [0.5, 0.6) is 0 Å². The van der Waals surface area contributed by atoms with Crippen molar-refractivity contribution in [3.05, 3.63) is 30.1 Å². The van der Waals surface area contributed by atoms with E-state index in [0.717, 1.165) is 44.5 Å². The first kappa shape index (κ1) is 13.8. The lowest BCUT2D eigenvalue weighted by Gasteiger charge is -2.26. The van der Waals surface area contributed by atoms with E-state index in [9.17, 15) is 8.78 Å². The first-order chi connectivity index (χ1) is 9.74. The first-order valence-corrected chi connectivity index (χ1v) is 7.57. The van der Waals surface area contributed by atoms with E-state index < -0.39 is 11.6 Å². The normalized spacial score (nSPS) is 16.9. The van der Waals surface area contributed by atoms with E-state index in [1.165, 1.54) is 6.07 Å². The molecule has 1 N–H and O–H groups in total. The number of piperazine rings is 1. The van der Waals surface area contributed by atoms with Crippen LogP contribution in [0.25, 0.3) is 11.0 Å². The number of fused-ring (bicyclic) bond motifs is 1. The number of benzene rings is 1. The van der Waals surface area contributed by atoms with Crippen molar-refractivity contribution in [2.24, 2.45) is 0 Å². The van der Waals surface area contributed by atoms with Crippen molar-refractivity contribution in [2.45, 2.75) is 0 Å². The van der Waals surface area contributed by atoms with Crippen molar-refractivity contribution < 1.29 is 8.78 Å². The van der Waals surface area contributed by atoms with Crippen LogP contribution in [0.1, 0.15) is 0 Å². The van der Waals surface area contributed by atoms with Crippen molar-refractivity contribution in [1.82, 2.24) is 19.2 Å². The lowest BCUT2D eigenvalue weighted by atomic mass is 10.3. The van der Waals surface area contributed by atoms with Crippen LogP contribution in [0.2, 0.25) is 0 Å². The van der Waals surface area contributed by atoms with Gasteiger partial charge in [-0.05, 0) is 11.9 Å². The maximum atomic E-state index is 13.3. The molecule has 2 heterocycles. The van der Waals surface area contributed by atoms with Crippen molar-refractivity contribution in [1.29, 1.82) is 0 Å². The molecule has 3 rings (SSSR count). The van der Waals surface area contributed by atoms with E-state index >= 15 is 0 Å². The van der Waals surface area contributed by atoms with Crippen molar-refractivity contribution in [2.75, 3.05) is 38.5 Å². The quantitative estimate of drug-likeness (QED) is 0.932. The molecule has 4 nitrogen and oxygen atoms in total. The average Bonchev–Trinajstić information content (AvgIpc) is 2.83. The molecule has 0 bridgehead atoms. The molecule has 1 aliphatic heterocycles. The third-order valence-corrected chi connectivity index (χ3v) is 4.34. The van der Waals surface area contributed by atoms with Crippen LogP contribution in [0.4, 0.5) is 8.78 Å².